The van der Waals surface area contributed by atoms with E-state index in [1.165, 1.54) is 39.8 Å². The third-order valence-corrected chi connectivity index (χ3v) is 6.76. The third kappa shape index (κ3) is 4.00. The molecule has 0 fully saturated rings. The molecule has 5 nitrogen and oxygen atoms in total. The fourth-order valence-electron chi connectivity index (χ4n) is 4.19. The van der Waals surface area contributed by atoms with Crippen LogP contribution in [0, 0.1) is 5.41 Å². The summed E-state index contributed by atoms with van der Waals surface area (Å²) in [7, 11) is 3.78. The third-order valence-electron chi connectivity index (χ3n) is 6.06. The van der Waals surface area contributed by atoms with Gasteiger partial charge in [0.05, 0.1) is 12.5 Å². The van der Waals surface area contributed by atoms with Crippen LogP contribution in [0.25, 0.3) is 16.8 Å². The first-order chi connectivity index (χ1) is 14.8. The molecule has 31 heavy (non-hydrogen) atoms. The van der Waals surface area contributed by atoms with Crippen LogP contribution in [-0.2, 0) is 5.41 Å². The van der Waals surface area contributed by atoms with E-state index in [9.17, 15) is 0 Å². The van der Waals surface area contributed by atoms with Crippen molar-refractivity contribution in [3.05, 3.63) is 72.1 Å². The second-order valence-electron chi connectivity index (χ2n) is 8.36. The molecule has 0 spiro atoms. The van der Waals surface area contributed by atoms with Crippen molar-refractivity contribution < 1.29 is 9.30 Å². The van der Waals surface area contributed by atoms with Crippen LogP contribution in [0.5, 0.6) is 5.75 Å². The molecule has 1 aliphatic heterocycles. The SMILES string of the molecule is COc1ccc2c(c1)C(C)(C)c1cc(-c3ccc(N(C)CCSC(=N)N)cc3)cc[n+]1-2. The summed E-state index contributed by atoms with van der Waals surface area (Å²) in [6.07, 6.45) is 2.17. The van der Waals surface area contributed by atoms with Crippen LogP contribution in [-0.4, -0.2) is 31.6 Å². The number of ether oxygens (including phenoxy) is 1. The molecule has 0 unspecified atom stereocenters. The van der Waals surface area contributed by atoms with Gasteiger partial charge in [0.2, 0.25) is 5.69 Å². The molecular formula is C25H29N4OS+. The van der Waals surface area contributed by atoms with Crippen molar-refractivity contribution in [3.8, 4) is 22.6 Å². The number of nitrogens with two attached hydrogens (primary N) is 1. The van der Waals surface area contributed by atoms with Crippen molar-refractivity contribution in [2.24, 2.45) is 5.73 Å². The number of thioether (sulfide) groups is 1. The van der Waals surface area contributed by atoms with Gasteiger partial charge in [-0.1, -0.05) is 23.9 Å². The second kappa shape index (κ2) is 8.27. The highest BCUT2D eigenvalue weighted by Gasteiger charge is 2.44. The topological polar surface area (TPSA) is 66.2 Å². The Labute approximate surface area is 188 Å². The Morgan fingerprint density at radius 3 is 2.52 bits per heavy atom. The molecule has 0 amide bonds. The van der Waals surface area contributed by atoms with Gasteiger partial charge >= 0.3 is 0 Å². The van der Waals surface area contributed by atoms with Gasteiger partial charge in [0.15, 0.2) is 17.1 Å². The van der Waals surface area contributed by atoms with Crippen LogP contribution in [0.1, 0.15) is 25.1 Å². The molecule has 0 saturated carbocycles. The maximum absolute atomic E-state index is 7.32. The second-order valence-corrected chi connectivity index (χ2v) is 9.50. The van der Waals surface area contributed by atoms with Crippen molar-refractivity contribution in [1.82, 2.24) is 0 Å². The summed E-state index contributed by atoms with van der Waals surface area (Å²) in [6, 6.07) is 19.4. The number of pyridine rings is 1. The Morgan fingerprint density at radius 1 is 1.10 bits per heavy atom. The number of rotatable bonds is 6. The highest BCUT2D eigenvalue weighted by atomic mass is 32.2. The van der Waals surface area contributed by atoms with E-state index in [0.717, 1.165) is 23.7 Å². The minimum Gasteiger partial charge on any atom is -0.497 e. The number of fused-ring (bicyclic) bond motifs is 3. The first-order valence-corrected chi connectivity index (χ1v) is 11.3. The predicted molar refractivity (Wildman–Crippen MR) is 130 cm³/mol. The maximum Gasteiger partial charge on any atom is 0.215 e. The fourth-order valence-corrected chi connectivity index (χ4v) is 4.78. The average molecular weight is 434 g/mol. The van der Waals surface area contributed by atoms with Crippen molar-refractivity contribution in [1.29, 1.82) is 5.41 Å². The van der Waals surface area contributed by atoms with Crippen molar-refractivity contribution in [2.75, 3.05) is 31.4 Å². The molecule has 4 rings (SSSR count). The van der Waals surface area contributed by atoms with Gasteiger partial charge in [0, 0.05) is 48.8 Å². The molecule has 0 bridgehead atoms. The molecule has 3 aromatic rings. The number of aromatic nitrogens is 1. The van der Waals surface area contributed by atoms with Crippen LogP contribution >= 0.6 is 11.8 Å². The molecule has 1 aliphatic rings. The summed E-state index contributed by atoms with van der Waals surface area (Å²) >= 11 is 1.37. The number of amidine groups is 1. The summed E-state index contributed by atoms with van der Waals surface area (Å²) in [5.74, 6) is 1.69. The van der Waals surface area contributed by atoms with Crippen LogP contribution in [0.15, 0.2) is 60.8 Å². The van der Waals surface area contributed by atoms with Gasteiger partial charge in [-0.15, -0.1) is 0 Å². The lowest BCUT2D eigenvalue weighted by atomic mass is 9.82. The first kappa shape index (κ1) is 21.2. The van der Waals surface area contributed by atoms with E-state index in [4.69, 9.17) is 15.9 Å². The van der Waals surface area contributed by atoms with Crippen LogP contribution in [0.2, 0.25) is 0 Å². The standard InChI is InChI=1S/C25H29N4OS/c1-25(2)21-16-20(30-4)9-10-22(21)29-12-11-18(15-23(25)29)17-5-7-19(8-6-17)28(3)13-14-31-24(26)27/h5-12,15-16H,13-14H2,1-4H3,(H3,26,27)/q+1. The van der Waals surface area contributed by atoms with E-state index in [1.807, 2.05) is 6.07 Å². The zero-order valence-electron chi connectivity index (χ0n) is 18.5. The predicted octanol–water partition coefficient (Wildman–Crippen LogP) is 4.34. The minimum absolute atomic E-state index is 0.103. The molecule has 160 valence electrons. The molecular weight excluding hydrogens is 404 g/mol. The van der Waals surface area contributed by atoms with Gasteiger partial charge in [0.1, 0.15) is 5.75 Å². The zero-order chi connectivity index (χ0) is 22.2. The van der Waals surface area contributed by atoms with Crippen molar-refractivity contribution in [3.63, 3.8) is 0 Å². The number of hydrogen-bond donors (Lipinski definition) is 2. The lowest BCUT2D eigenvalue weighted by Crippen LogP contribution is -2.34. The van der Waals surface area contributed by atoms with Gasteiger partial charge in [-0.2, -0.15) is 4.57 Å². The van der Waals surface area contributed by atoms with E-state index in [0.29, 0.717) is 0 Å². The van der Waals surface area contributed by atoms with Crippen molar-refractivity contribution in [2.45, 2.75) is 19.3 Å². The van der Waals surface area contributed by atoms with E-state index >= 15 is 0 Å². The summed E-state index contributed by atoms with van der Waals surface area (Å²) in [4.78, 5) is 2.19. The van der Waals surface area contributed by atoms with E-state index in [1.54, 1.807) is 7.11 Å². The van der Waals surface area contributed by atoms with Crippen molar-refractivity contribution >= 4 is 22.6 Å². The van der Waals surface area contributed by atoms with Gasteiger partial charge < -0.3 is 15.4 Å². The molecule has 2 heterocycles. The molecule has 1 aromatic heterocycles. The summed E-state index contributed by atoms with van der Waals surface area (Å²) in [5, 5.41) is 7.49. The number of benzene rings is 2. The van der Waals surface area contributed by atoms with Crippen LogP contribution in [0.4, 0.5) is 5.69 Å². The normalized spacial score (nSPS) is 13.4. The smallest absolute Gasteiger partial charge is 0.215 e. The molecule has 0 aliphatic carbocycles. The fraction of sp³-hybridized carbons (Fsp3) is 0.280. The molecule has 2 aromatic carbocycles. The Bertz CT molecular complexity index is 1120. The minimum atomic E-state index is -0.103. The Morgan fingerprint density at radius 2 is 1.84 bits per heavy atom. The van der Waals surface area contributed by atoms with E-state index in [-0.39, 0.29) is 10.6 Å². The van der Waals surface area contributed by atoms with Crippen LogP contribution < -0.4 is 19.9 Å². The quantitative estimate of drug-likeness (QED) is 0.345. The molecule has 3 N–H and O–H groups in total. The van der Waals surface area contributed by atoms with Gasteiger partial charge in [-0.05, 0) is 49.2 Å². The number of hydrogen-bond acceptors (Lipinski definition) is 4. The maximum atomic E-state index is 7.32. The Kier molecular flexibility index (Phi) is 5.67. The first-order valence-electron chi connectivity index (χ1n) is 10.3. The number of anilines is 1. The lowest BCUT2D eigenvalue weighted by Gasteiger charge is -2.19. The summed E-state index contributed by atoms with van der Waals surface area (Å²) in [5.41, 5.74) is 12.7. The zero-order valence-corrected chi connectivity index (χ0v) is 19.3. The molecule has 0 radical (unpaired) electrons. The molecule has 0 saturated heterocycles. The largest absolute Gasteiger partial charge is 0.497 e. The summed E-state index contributed by atoms with van der Waals surface area (Å²) < 4.78 is 7.74. The lowest BCUT2D eigenvalue weighted by molar-refractivity contribution is -0.599. The summed E-state index contributed by atoms with van der Waals surface area (Å²) in [6.45, 7) is 5.38. The van der Waals surface area contributed by atoms with E-state index < -0.39 is 0 Å². The number of nitrogens with zero attached hydrogens (tertiary/aromatic N) is 2. The average Bonchev–Trinajstić information content (AvgIpc) is 2.99. The monoisotopic (exact) mass is 433 g/mol. The van der Waals surface area contributed by atoms with Crippen LogP contribution in [0.3, 0.4) is 0 Å². The Balaban J connectivity index is 1.59. The number of methoxy groups -OCH3 is 1. The molecule has 0 atom stereocenters. The number of nitrogens with one attached hydrogen (secondary N) is 1. The Hall–Kier alpha value is -2.99. The highest BCUT2D eigenvalue weighted by Crippen LogP contribution is 2.40. The van der Waals surface area contributed by atoms with Gasteiger partial charge in [-0.3, -0.25) is 5.41 Å². The highest BCUT2D eigenvalue weighted by molar-refractivity contribution is 8.13. The van der Waals surface area contributed by atoms with Gasteiger partial charge in [-0.25, -0.2) is 0 Å². The van der Waals surface area contributed by atoms with E-state index in [2.05, 4.69) is 85.1 Å². The van der Waals surface area contributed by atoms with Gasteiger partial charge in [0.25, 0.3) is 0 Å². The molecule has 6 heteroatoms.